The minimum absolute atomic E-state index is 0.128. The van der Waals surface area contributed by atoms with Crippen molar-refractivity contribution in [2.45, 2.75) is 44.6 Å². The molecule has 5 N–H and O–H groups in total. The molecule has 2 aliphatic rings. The Morgan fingerprint density at radius 3 is 2.50 bits per heavy atom. The molecular weight excluding hydrogens is 202 g/mol. The van der Waals surface area contributed by atoms with Gasteiger partial charge in [0.2, 0.25) is 5.91 Å². The molecule has 0 bridgehead atoms. The normalized spacial score (nSPS) is 25.4. The molecule has 2 saturated carbocycles. The highest BCUT2D eigenvalue weighted by atomic mass is 16.2. The Morgan fingerprint density at radius 2 is 2.00 bits per heavy atom. The Morgan fingerprint density at radius 1 is 1.38 bits per heavy atom. The Balaban J connectivity index is 1.81. The summed E-state index contributed by atoms with van der Waals surface area (Å²) >= 11 is 0. The van der Waals surface area contributed by atoms with E-state index in [-0.39, 0.29) is 17.4 Å². The van der Waals surface area contributed by atoms with Gasteiger partial charge >= 0.3 is 0 Å². The maximum atomic E-state index is 12.1. The van der Waals surface area contributed by atoms with E-state index >= 15 is 0 Å². The predicted octanol–water partition coefficient (Wildman–Crippen LogP) is 0.359. The first-order chi connectivity index (χ1) is 7.68. The van der Waals surface area contributed by atoms with E-state index in [1.54, 1.807) is 0 Å². The van der Waals surface area contributed by atoms with E-state index in [1.165, 1.54) is 12.8 Å². The van der Waals surface area contributed by atoms with Gasteiger partial charge < -0.3 is 16.8 Å². The van der Waals surface area contributed by atoms with Crippen LogP contribution in [0.25, 0.3) is 0 Å². The molecule has 16 heavy (non-hydrogen) atoms. The van der Waals surface area contributed by atoms with E-state index < -0.39 is 0 Å². The lowest BCUT2D eigenvalue weighted by Crippen LogP contribution is -2.48. The fourth-order valence-corrected chi connectivity index (χ4v) is 2.66. The van der Waals surface area contributed by atoms with Crippen LogP contribution in [0, 0.1) is 11.3 Å². The lowest BCUT2D eigenvalue weighted by molar-refractivity contribution is -0.130. The van der Waals surface area contributed by atoms with Gasteiger partial charge in [-0.05, 0) is 31.6 Å². The van der Waals surface area contributed by atoms with Crippen LogP contribution in [0.5, 0.6) is 0 Å². The van der Waals surface area contributed by atoms with Crippen molar-refractivity contribution in [1.82, 2.24) is 5.32 Å². The van der Waals surface area contributed by atoms with E-state index in [2.05, 4.69) is 5.32 Å². The van der Waals surface area contributed by atoms with Gasteiger partial charge in [-0.2, -0.15) is 0 Å². The lowest BCUT2D eigenvalue weighted by Gasteiger charge is -2.26. The molecule has 1 amide bonds. The van der Waals surface area contributed by atoms with Gasteiger partial charge in [-0.1, -0.05) is 12.8 Å². The summed E-state index contributed by atoms with van der Waals surface area (Å²) < 4.78 is 0. The molecule has 1 atom stereocenters. The first-order valence-electron chi connectivity index (χ1n) is 6.42. The summed E-state index contributed by atoms with van der Waals surface area (Å²) in [5.41, 5.74) is 11.4. The Labute approximate surface area is 97.1 Å². The third kappa shape index (κ3) is 2.38. The van der Waals surface area contributed by atoms with Crippen molar-refractivity contribution in [2.75, 3.05) is 13.1 Å². The van der Waals surface area contributed by atoms with Crippen molar-refractivity contribution in [1.29, 1.82) is 0 Å². The number of nitrogens with one attached hydrogen (secondary N) is 1. The monoisotopic (exact) mass is 225 g/mol. The second-order valence-corrected chi connectivity index (χ2v) is 5.40. The maximum Gasteiger partial charge on any atom is 0.227 e. The fraction of sp³-hybridized carbons (Fsp3) is 0.917. The summed E-state index contributed by atoms with van der Waals surface area (Å²) in [7, 11) is 0. The van der Waals surface area contributed by atoms with Gasteiger partial charge in [0.05, 0.1) is 5.41 Å². The van der Waals surface area contributed by atoms with Crippen LogP contribution < -0.4 is 16.8 Å². The van der Waals surface area contributed by atoms with Crippen molar-refractivity contribution in [3.8, 4) is 0 Å². The van der Waals surface area contributed by atoms with Gasteiger partial charge in [0.15, 0.2) is 0 Å². The van der Waals surface area contributed by atoms with Gasteiger partial charge in [-0.15, -0.1) is 0 Å². The summed E-state index contributed by atoms with van der Waals surface area (Å²) in [5, 5.41) is 2.99. The Bertz CT molecular complexity index is 257. The summed E-state index contributed by atoms with van der Waals surface area (Å²) in [6.07, 6.45) is 6.57. The summed E-state index contributed by atoms with van der Waals surface area (Å²) in [6, 6.07) is 0.139. The van der Waals surface area contributed by atoms with Crippen molar-refractivity contribution < 1.29 is 4.79 Å². The molecule has 0 saturated heterocycles. The predicted molar refractivity (Wildman–Crippen MR) is 63.7 cm³/mol. The topological polar surface area (TPSA) is 81.1 Å². The molecule has 0 aromatic rings. The van der Waals surface area contributed by atoms with Gasteiger partial charge in [0, 0.05) is 19.1 Å². The number of hydrogen-bond acceptors (Lipinski definition) is 3. The zero-order valence-corrected chi connectivity index (χ0v) is 9.87. The maximum absolute atomic E-state index is 12.1. The van der Waals surface area contributed by atoms with Crippen molar-refractivity contribution in [3.05, 3.63) is 0 Å². The zero-order valence-electron chi connectivity index (χ0n) is 9.87. The molecule has 2 fully saturated rings. The van der Waals surface area contributed by atoms with Crippen LogP contribution in [0.4, 0.5) is 0 Å². The molecule has 1 unspecified atom stereocenters. The molecule has 4 nitrogen and oxygen atoms in total. The van der Waals surface area contributed by atoms with Crippen LogP contribution in [-0.2, 0) is 4.79 Å². The third-order valence-electron chi connectivity index (χ3n) is 4.16. The number of rotatable bonds is 5. The van der Waals surface area contributed by atoms with Crippen LogP contribution >= 0.6 is 0 Å². The number of carbonyl (C=O) groups is 1. The van der Waals surface area contributed by atoms with Gasteiger partial charge in [0.25, 0.3) is 0 Å². The zero-order chi connectivity index (χ0) is 11.6. The van der Waals surface area contributed by atoms with Crippen LogP contribution in [0.15, 0.2) is 0 Å². The van der Waals surface area contributed by atoms with E-state index in [9.17, 15) is 4.79 Å². The first-order valence-corrected chi connectivity index (χ1v) is 6.42. The molecule has 0 radical (unpaired) electrons. The molecule has 0 heterocycles. The fourth-order valence-electron chi connectivity index (χ4n) is 2.66. The Hall–Kier alpha value is -0.610. The molecule has 0 aromatic carbocycles. The highest BCUT2D eigenvalue weighted by molar-refractivity contribution is 5.83. The largest absolute Gasteiger partial charge is 0.354 e. The van der Waals surface area contributed by atoms with Gasteiger partial charge in [-0.3, -0.25) is 4.79 Å². The summed E-state index contributed by atoms with van der Waals surface area (Å²) in [5.74, 6) is 0.765. The van der Waals surface area contributed by atoms with E-state index in [1.807, 2.05) is 0 Å². The average Bonchev–Trinajstić information content (AvgIpc) is 3.04. The van der Waals surface area contributed by atoms with Crippen LogP contribution in [0.3, 0.4) is 0 Å². The lowest BCUT2D eigenvalue weighted by atomic mass is 9.85. The number of nitrogens with two attached hydrogens (primary N) is 2. The molecule has 2 aliphatic carbocycles. The number of amides is 1. The highest BCUT2D eigenvalue weighted by Gasteiger charge is 2.40. The molecule has 4 heteroatoms. The van der Waals surface area contributed by atoms with Gasteiger partial charge in [0.1, 0.15) is 0 Å². The van der Waals surface area contributed by atoms with Crippen molar-refractivity contribution in [2.24, 2.45) is 22.8 Å². The smallest absolute Gasteiger partial charge is 0.227 e. The molecular formula is C12H23N3O. The average molecular weight is 225 g/mol. The second-order valence-electron chi connectivity index (χ2n) is 5.40. The first kappa shape index (κ1) is 11.9. The quantitative estimate of drug-likeness (QED) is 0.632. The highest BCUT2D eigenvalue weighted by Crippen LogP contribution is 2.37. The van der Waals surface area contributed by atoms with E-state index in [0.29, 0.717) is 19.0 Å². The SMILES string of the molecule is NCC1(C(=O)NCC(N)C2CC2)CCCC1. The van der Waals surface area contributed by atoms with Crippen molar-refractivity contribution >= 4 is 5.91 Å². The summed E-state index contributed by atoms with van der Waals surface area (Å²) in [6.45, 7) is 1.09. The summed E-state index contributed by atoms with van der Waals surface area (Å²) in [4.78, 5) is 12.1. The van der Waals surface area contributed by atoms with E-state index in [4.69, 9.17) is 11.5 Å². The molecule has 0 aliphatic heterocycles. The minimum Gasteiger partial charge on any atom is -0.354 e. The van der Waals surface area contributed by atoms with Crippen molar-refractivity contribution in [3.63, 3.8) is 0 Å². The molecule has 0 spiro atoms. The van der Waals surface area contributed by atoms with Crippen LogP contribution in [0.2, 0.25) is 0 Å². The van der Waals surface area contributed by atoms with E-state index in [0.717, 1.165) is 25.7 Å². The number of hydrogen-bond donors (Lipinski definition) is 3. The third-order valence-corrected chi connectivity index (χ3v) is 4.16. The second kappa shape index (κ2) is 4.72. The van der Waals surface area contributed by atoms with Gasteiger partial charge in [-0.25, -0.2) is 0 Å². The standard InChI is InChI=1S/C12H23N3O/c13-8-12(5-1-2-6-12)11(16)15-7-10(14)9-3-4-9/h9-10H,1-8,13-14H2,(H,15,16). The van der Waals surface area contributed by atoms with Crippen LogP contribution in [-0.4, -0.2) is 25.0 Å². The number of carbonyl (C=O) groups excluding carboxylic acids is 1. The van der Waals surface area contributed by atoms with Crippen LogP contribution in [0.1, 0.15) is 38.5 Å². The Kier molecular flexibility index (Phi) is 3.50. The molecule has 0 aromatic heterocycles. The molecule has 92 valence electrons. The molecule has 2 rings (SSSR count). The minimum atomic E-state index is -0.288.